The first-order valence-corrected chi connectivity index (χ1v) is 6.90. The van der Waals surface area contributed by atoms with Crippen LogP contribution in [0.15, 0.2) is 18.3 Å². The molecule has 2 rings (SSSR count). The Bertz CT molecular complexity index is 535. The van der Waals surface area contributed by atoms with E-state index >= 15 is 0 Å². The van der Waals surface area contributed by atoms with Crippen LogP contribution in [0.25, 0.3) is 0 Å². The second kappa shape index (κ2) is 4.91. The first-order valence-electron chi connectivity index (χ1n) is 5.46. The number of aromatic nitrogens is 1. The molecule has 0 unspecified atom stereocenters. The maximum atomic E-state index is 11.9. The molecule has 1 saturated heterocycles. The number of hydrogen-bond donors (Lipinski definition) is 2. The van der Waals surface area contributed by atoms with E-state index < -0.39 is 16.2 Å². The first kappa shape index (κ1) is 12.8. The van der Waals surface area contributed by atoms with Crippen LogP contribution in [0.4, 0.5) is 5.69 Å². The smallest absolute Gasteiger partial charge is 0.354 e. The maximum absolute atomic E-state index is 11.9. The van der Waals surface area contributed by atoms with Crippen LogP contribution in [-0.2, 0) is 10.2 Å². The Balaban J connectivity index is 2.11. The summed E-state index contributed by atoms with van der Waals surface area (Å²) in [6, 6.07) is 2.63. The second-order valence-electron chi connectivity index (χ2n) is 3.95. The van der Waals surface area contributed by atoms with Crippen LogP contribution in [0.3, 0.4) is 0 Å². The lowest BCUT2D eigenvalue weighted by molar-refractivity contribution is 0.0690. The molecule has 8 heteroatoms. The highest BCUT2D eigenvalue weighted by molar-refractivity contribution is 7.90. The molecule has 0 aliphatic carbocycles. The van der Waals surface area contributed by atoms with Crippen LogP contribution in [0.5, 0.6) is 0 Å². The monoisotopic (exact) mass is 271 g/mol. The summed E-state index contributed by atoms with van der Waals surface area (Å²) in [6.45, 7) is 1.02. The summed E-state index contributed by atoms with van der Waals surface area (Å²) in [4.78, 5) is 14.2. The van der Waals surface area contributed by atoms with E-state index in [-0.39, 0.29) is 11.4 Å². The minimum atomic E-state index is -3.55. The van der Waals surface area contributed by atoms with Crippen molar-refractivity contribution in [3.63, 3.8) is 0 Å². The molecule has 0 atom stereocenters. The number of aromatic carboxylic acids is 1. The Hall–Kier alpha value is -1.67. The average molecular weight is 271 g/mol. The predicted octanol–water partition coefficient (Wildman–Crippen LogP) is 0.532. The van der Waals surface area contributed by atoms with Crippen molar-refractivity contribution in [2.24, 2.45) is 0 Å². The van der Waals surface area contributed by atoms with Gasteiger partial charge in [0.2, 0.25) is 0 Å². The summed E-state index contributed by atoms with van der Waals surface area (Å²) < 4.78 is 27.5. The number of rotatable bonds is 4. The van der Waals surface area contributed by atoms with Gasteiger partial charge in [0, 0.05) is 13.1 Å². The first-order chi connectivity index (χ1) is 8.49. The maximum Gasteiger partial charge on any atom is 0.354 e. The summed E-state index contributed by atoms with van der Waals surface area (Å²) in [6.07, 6.45) is 2.91. The summed E-state index contributed by atoms with van der Waals surface area (Å²) >= 11 is 0. The number of pyridine rings is 1. The Labute approximate surface area is 105 Å². The van der Waals surface area contributed by atoms with Crippen molar-refractivity contribution in [3.05, 3.63) is 24.0 Å². The molecule has 0 amide bonds. The number of anilines is 1. The molecular formula is C10H13N3O4S. The van der Waals surface area contributed by atoms with E-state index in [1.807, 2.05) is 0 Å². The molecule has 2 heterocycles. The van der Waals surface area contributed by atoms with Crippen LogP contribution >= 0.6 is 0 Å². The largest absolute Gasteiger partial charge is 0.477 e. The Morgan fingerprint density at radius 3 is 2.50 bits per heavy atom. The van der Waals surface area contributed by atoms with Gasteiger partial charge in [-0.25, -0.2) is 9.78 Å². The number of nitrogens with one attached hydrogen (secondary N) is 1. The van der Waals surface area contributed by atoms with Gasteiger partial charge in [0.25, 0.3) is 0 Å². The molecule has 0 radical (unpaired) electrons. The third-order valence-corrected chi connectivity index (χ3v) is 4.17. The van der Waals surface area contributed by atoms with Crippen molar-refractivity contribution in [1.29, 1.82) is 0 Å². The minimum absolute atomic E-state index is 0.126. The van der Waals surface area contributed by atoms with Gasteiger partial charge in [-0.2, -0.15) is 12.7 Å². The molecule has 0 bridgehead atoms. The van der Waals surface area contributed by atoms with Gasteiger partial charge in [-0.3, -0.25) is 4.72 Å². The molecule has 7 nitrogen and oxygen atoms in total. The minimum Gasteiger partial charge on any atom is -0.477 e. The van der Waals surface area contributed by atoms with E-state index in [9.17, 15) is 13.2 Å². The molecule has 1 aliphatic rings. The van der Waals surface area contributed by atoms with Crippen molar-refractivity contribution in [2.75, 3.05) is 17.8 Å². The quantitative estimate of drug-likeness (QED) is 0.832. The number of hydrogen-bond acceptors (Lipinski definition) is 4. The van der Waals surface area contributed by atoms with E-state index in [1.54, 1.807) is 0 Å². The molecule has 0 saturated carbocycles. The van der Waals surface area contributed by atoms with E-state index in [2.05, 4.69) is 9.71 Å². The summed E-state index contributed by atoms with van der Waals surface area (Å²) in [5.74, 6) is -1.15. The van der Waals surface area contributed by atoms with Crippen LogP contribution < -0.4 is 4.72 Å². The highest BCUT2D eigenvalue weighted by Gasteiger charge is 2.25. The highest BCUT2D eigenvalue weighted by atomic mass is 32.2. The van der Waals surface area contributed by atoms with Crippen LogP contribution in [0, 0.1) is 0 Å². The van der Waals surface area contributed by atoms with E-state index in [0.717, 1.165) is 12.8 Å². The number of nitrogens with zero attached hydrogens (tertiary/aromatic N) is 2. The van der Waals surface area contributed by atoms with Gasteiger partial charge in [-0.05, 0) is 25.0 Å². The van der Waals surface area contributed by atoms with Crippen LogP contribution in [0.1, 0.15) is 23.3 Å². The molecule has 2 N–H and O–H groups in total. The zero-order valence-electron chi connectivity index (χ0n) is 9.54. The normalized spacial score (nSPS) is 16.7. The van der Waals surface area contributed by atoms with E-state index in [1.165, 1.54) is 22.6 Å². The summed E-state index contributed by atoms with van der Waals surface area (Å²) in [5.41, 5.74) is 0.131. The molecule has 1 aliphatic heterocycles. The third kappa shape index (κ3) is 2.77. The van der Waals surface area contributed by atoms with E-state index in [4.69, 9.17) is 5.11 Å². The van der Waals surface area contributed by atoms with Gasteiger partial charge in [-0.15, -0.1) is 0 Å². The zero-order chi connectivity index (χ0) is 13.2. The van der Waals surface area contributed by atoms with Crippen LogP contribution in [0.2, 0.25) is 0 Å². The van der Waals surface area contributed by atoms with E-state index in [0.29, 0.717) is 13.1 Å². The van der Waals surface area contributed by atoms with Gasteiger partial charge in [-0.1, -0.05) is 0 Å². The fourth-order valence-electron chi connectivity index (χ4n) is 1.72. The second-order valence-corrected chi connectivity index (χ2v) is 5.62. The van der Waals surface area contributed by atoms with Gasteiger partial charge in [0.1, 0.15) is 5.69 Å². The predicted molar refractivity (Wildman–Crippen MR) is 64.5 cm³/mol. The SMILES string of the molecule is O=C(O)c1ccc(NS(=O)(=O)N2CCCC2)cn1. The third-order valence-electron chi connectivity index (χ3n) is 2.63. The molecule has 0 aromatic carbocycles. The fourth-order valence-corrected chi connectivity index (χ4v) is 3.01. The fraction of sp³-hybridized carbons (Fsp3) is 0.400. The Morgan fingerprint density at radius 2 is 2.00 bits per heavy atom. The van der Waals surface area contributed by atoms with Crippen molar-refractivity contribution in [1.82, 2.24) is 9.29 Å². The lowest BCUT2D eigenvalue weighted by atomic mass is 10.3. The van der Waals surface area contributed by atoms with Crippen molar-refractivity contribution in [2.45, 2.75) is 12.8 Å². The summed E-state index contributed by atoms with van der Waals surface area (Å²) in [5, 5.41) is 8.67. The van der Waals surface area contributed by atoms with Crippen molar-refractivity contribution in [3.8, 4) is 0 Å². The lowest BCUT2D eigenvalue weighted by Gasteiger charge is -2.16. The molecular weight excluding hydrogens is 258 g/mol. The summed E-state index contributed by atoms with van der Waals surface area (Å²) in [7, 11) is -3.55. The van der Waals surface area contributed by atoms with Gasteiger partial charge in [0.15, 0.2) is 0 Å². The number of carbonyl (C=O) groups is 1. The number of carboxylic acids is 1. The van der Waals surface area contributed by atoms with Crippen LogP contribution in [-0.4, -0.2) is 41.9 Å². The van der Waals surface area contributed by atoms with Crippen molar-refractivity contribution < 1.29 is 18.3 Å². The average Bonchev–Trinajstić information content (AvgIpc) is 2.83. The van der Waals surface area contributed by atoms with Gasteiger partial charge in [0.05, 0.1) is 11.9 Å². The lowest BCUT2D eigenvalue weighted by Crippen LogP contribution is -2.33. The standard InChI is InChI=1S/C10H13N3O4S/c14-10(15)9-4-3-8(7-11-9)12-18(16,17)13-5-1-2-6-13/h3-4,7,12H,1-2,5-6H2,(H,14,15). The molecule has 18 heavy (non-hydrogen) atoms. The Morgan fingerprint density at radius 1 is 1.33 bits per heavy atom. The molecule has 1 aromatic heterocycles. The van der Waals surface area contributed by atoms with Gasteiger partial charge >= 0.3 is 16.2 Å². The molecule has 1 aromatic rings. The zero-order valence-corrected chi connectivity index (χ0v) is 10.4. The number of carboxylic acid groups (broad SMARTS) is 1. The molecule has 1 fully saturated rings. The highest BCUT2D eigenvalue weighted by Crippen LogP contribution is 2.16. The topological polar surface area (TPSA) is 99.6 Å². The molecule has 0 spiro atoms. The van der Waals surface area contributed by atoms with Gasteiger partial charge < -0.3 is 5.11 Å². The van der Waals surface area contributed by atoms with Crippen molar-refractivity contribution >= 4 is 21.9 Å². The molecule has 98 valence electrons. The Kier molecular flexibility index (Phi) is 3.48.